The smallest absolute Gasteiger partial charge is 0.303 e. The highest BCUT2D eigenvalue weighted by molar-refractivity contribution is 5.66. The summed E-state index contributed by atoms with van der Waals surface area (Å²) >= 11 is 0. The summed E-state index contributed by atoms with van der Waals surface area (Å²) in [4.78, 5) is 10.2. The van der Waals surface area contributed by atoms with E-state index >= 15 is 0 Å². The van der Waals surface area contributed by atoms with Crippen molar-refractivity contribution >= 4 is 5.97 Å². The van der Waals surface area contributed by atoms with E-state index in [0.29, 0.717) is 6.42 Å². The molecule has 0 spiro atoms. The molecule has 0 fully saturated rings. The summed E-state index contributed by atoms with van der Waals surface area (Å²) in [6.07, 6.45) is 0.770. The van der Waals surface area contributed by atoms with Crippen LogP contribution in [0.5, 0.6) is 0 Å². The Bertz CT molecular complexity index is 138. The minimum Gasteiger partial charge on any atom is -0.481 e. The zero-order valence-corrected chi connectivity index (χ0v) is 7.58. The number of aliphatic carboxylic acids is 1. The molecule has 0 saturated carbocycles. The second-order valence-electron chi connectivity index (χ2n) is 3.08. The van der Waals surface area contributed by atoms with Gasteiger partial charge in [0.1, 0.15) is 0 Å². The molecular formula is C8H17NO3. The van der Waals surface area contributed by atoms with Gasteiger partial charge in [-0.15, -0.1) is 0 Å². The molecule has 0 bridgehead atoms. The zero-order valence-electron chi connectivity index (χ0n) is 7.58. The highest BCUT2D eigenvalue weighted by Crippen LogP contribution is 1.97. The molecule has 1 unspecified atom stereocenters. The molecule has 0 aromatic heterocycles. The standard InChI is InChI=1S/C8H17NO3/c1-6(3-4-8(11)12)9-7(2)5-10/h6-7,9-10H,3-5H2,1-2H3,(H,11,12)/t6?,7-/m1/s1. The maximum Gasteiger partial charge on any atom is 0.303 e. The van der Waals surface area contributed by atoms with Gasteiger partial charge >= 0.3 is 5.97 Å². The Morgan fingerprint density at radius 1 is 1.42 bits per heavy atom. The zero-order chi connectivity index (χ0) is 9.56. The lowest BCUT2D eigenvalue weighted by Crippen LogP contribution is -2.36. The van der Waals surface area contributed by atoms with Gasteiger partial charge in [0.05, 0.1) is 6.61 Å². The number of aliphatic hydroxyl groups excluding tert-OH is 1. The van der Waals surface area contributed by atoms with Crippen LogP contribution < -0.4 is 5.32 Å². The van der Waals surface area contributed by atoms with Crippen LogP contribution in [0.25, 0.3) is 0 Å². The lowest BCUT2D eigenvalue weighted by atomic mass is 10.1. The maximum absolute atomic E-state index is 10.2. The fraction of sp³-hybridized carbons (Fsp3) is 0.875. The van der Waals surface area contributed by atoms with Crippen LogP contribution >= 0.6 is 0 Å². The molecule has 3 N–H and O–H groups in total. The van der Waals surface area contributed by atoms with Crippen LogP contribution in [-0.2, 0) is 4.79 Å². The molecule has 0 aliphatic carbocycles. The maximum atomic E-state index is 10.2. The topological polar surface area (TPSA) is 69.6 Å². The molecular weight excluding hydrogens is 158 g/mol. The van der Waals surface area contributed by atoms with Crippen LogP contribution in [0.4, 0.5) is 0 Å². The van der Waals surface area contributed by atoms with Gasteiger partial charge in [0.2, 0.25) is 0 Å². The minimum absolute atomic E-state index is 0.0359. The third-order valence-electron chi connectivity index (χ3n) is 1.63. The monoisotopic (exact) mass is 175 g/mol. The summed E-state index contributed by atoms with van der Waals surface area (Å²) in [5, 5.41) is 20.1. The third kappa shape index (κ3) is 6.12. The van der Waals surface area contributed by atoms with Crippen LogP contribution in [-0.4, -0.2) is 34.9 Å². The molecule has 4 nitrogen and oxygen atoms in total. The van der Waals surface area contributed by atoms with Gasteiger partial charge < -0.3 is 15.5 Å². The summed E-state index contributed by atoms with van der Waals surface area (Å²) in [7, 11) is 0. The Hall–Kier alpha value is -0.610. The largest absolute Gasteiger partial charge is 0.481 e. The first-order valence-corrected chi connectivity index (χ1v) is 4.15. The number of carboxylic acid groups (broad SMARTS) is 1. The molecule has 0 aliphatic rings. The number of aliphatic hydroxyl groups is 1. The van der Waals surface area contributed by atoms with Gasteiger partial charge in [0, 0.05) is 18.5 Å². The van der Waals surface area contributed by atoms with Gasteiger partial charge in [-0.1, -0.05) is 0 Å². The van der Waals surface area contributed by atoms with Crippen molar-refractivity contribution in [2.75, 3.05) is 6.61 Å². The SMILES string of the molecule is CC(CCC(=O)O)N[C@H](C)CO. The molecule has 0 radical (unpaired) electrons. The number of rotatable bonds is 6. The van der Waals surface area contributed by atoms with Crippen LogP contribution in [0.3, 0.4) is 0 Å². The van der Waals surface area contributed by atoms with Crippen molar-refractivity contribution in [3.8, 4) is 0 Å². The van der Waals surface area contributed by atoms with Crippen molar-refractivity contribution in [2.24, 2.45) is 0 Å². The summed E-state index contributed by atoms with van der Waals surface area (Å²) < 4.78 is 0. The van der Waals surface area contributed by atoms with Crippen LogP contribution in [0.2, 0.25) is 0 Å². The average Bonchev–Trinajstić information content (AvgIpc) is 2.00. The van der Waals surface area contributed by atoms with Gasteiger partial charge in [-0.25, -0.2) is 0 Å². The van der Waals surface area contributed by atoms with Crippen molar-refractivity contribution in [2.45, 2.75) is 38.8 Å². The van der Waals surface area contributed by atoms with Crippen LogP contribution in [0.15, 0.2) is 0 Å². The predicted octanol–water partition coefficient (Wildman–Crippen LogP) is 0.210. The van der Waals surface area contributed by atoms with E-state index in [1.54, 1.807) is 0 Å². The Morgan fingerprint density at radius 3 is 2.42 bits per heavy atom. The average molecular weight is 175 g/mol. The van der Waals surface area contributed by atoms with Gasteiger partial charge in [0.25, 0.3) is 0 Å². The fourth-order valence-corrected chi connectivity index (χ4v) is 0.962. The Labute approximate surface area is 72.6 Å². The van der Waals surface area contributed by atoms with Gasteiger partial charge in [-0.05, 0) is 20.3 Å². The molecule has 0 rings (SSSR count). The number of hydrogen-bond donors (Lipinski definition) is 3. The molecule has 2 atom stereocenters. The highest BCUT2D eigenvalue weighted by atomic mass is 16.4. The van der Waals surface area contributed by atoms with E-state index in [-0.39, 0.29) is 25.1 Å². The molecule has 72 valence electrons. The van der Waals surface area contributed by atoms with E-state index in [1.807, 2.05) is 13.8 Å². The first-order chi connectivity index (χ1) is 5.56. The molecule has 0 aliphatic heterocycles. The van der Waals surface area contributed by atoms with Gasteiger partial charge in [-0.3, -0.25) is 4.79 Å². The summed E-state index contributed by atoms with van der Waals surface area (Å²) in [6, 6.07) is 0.178. The van der Waals surface area contributed by atoms with E-state index in [0.717, 1.165) is 0 Å². The van der Waals surface area contributed by atoms with Crippen molar-refractivity contribution in [3.05, 3.63) is 0 Å². The minimum atomic E-state index is -0.777. The van der Waals surface area contributed by atoms with E-state index < -0.39 is 5.97 Å². The lowest BCUT2D eigenvalue weighted by molar-refractivity contribution is -0.137. The Morgan fingerprint density at radius 2 is 2.00 bits per heavy atom. The van der Waals surface area contributed by atoms with Gasteiger partial charge in [-0.2, -0.15) is 0 Å². The first kappa shape index (κ1) is 11.4. The quantitative estimate of drug-likeness (QED) is 0.539. The van der Waals surface area contributed by atoms with Gasteiger partial charge in [0.15, 0.2) is 0 Å². The normalized spacial score (nSPS) is 15.6. The van der Waals surface area contributed by atoms with Crippen molar-refractivity contribution in [3.63, 3.8) is 0 Å². The molecule has 0 aromatic carbocycles. The van der Waals surface area contributed by atoms with E-state index in [1.165, 1.54) is 0 Å². The molecule has 0 heterocycles. The third-order valence-corrected chi connectivity index (χ3v) is 1.63. The highest BCUT2D eigenvalue weighted by Gasteiger charge is 2.07. The molecule has 0 amide bonds. The van der Waals surface area contributed by atoms with Crippen molar-refractivity contribution < 1.29 is 15.0 Å². The summed E-state index contributed by atoms with van der Waals surface area (Å²) in [6.45, 7) is 3.85. The van der Waals surface area contributed by atoms with Crippen molar-refractivity contribution in [1.82, 2.24) is 5.32 Å². The Kier molecular flexibility index (Phi) is 5.66. The number of carbonyl (C=O) groups is 1. The lowest BCUT2D eigenvalue weighted by Gasteiger charge is -2.17. The van der Waals surface area contributed by atoms with E-state index in [4.69, 9.17) is 10.2 Å². The number of carboxylic acids is 1. The molecule has 0 saturated heterocycles. The number of hydrogen-bond acceptors (Lipinski definition) is 3. The van der Waals surface area contributed by atoms with Crippen LogP contribution in [0, 0.1) is 0 Å². The second kappa shape index (κ2) is 5.97. The van der Waals surface area contributed by atoms with E-state index in [2.05, 4.69) is 5.32 Å². The molecule has 12 heavy (non-hydrogen) atoms. The molecule has 0 aromatic rings. The van der Waals surface area contributed by atoms with Crippen molar-refractivity contribution in [1.29, 1.82) is 0 Å². The summed E-state index contributed by atoms with van der Waals surface area (Å²) in [5.41, 5.74) is 0. The molecule has 4 heteroatoms. The summed E-state index contributed by atoms with van der Waals surface area (Å²) in [5.74, 6) is -0.777. The first-order valence-electron chi connectivity index (χ1n) is 4.15. The predicted molar refractivity (Wildman–Crippen MR) is 46.0 cm³/mol. The Balaban J connectivity index is 3.45. The number of nitrogens with one attached hydrogen (secondary N) is 1. The second-order valence-corrected chi connectivity index (χ2v) is 3.08. The van der Waals surface area contributed by atoms with E-state index in [9.17, 15) is 4.79 Å². The fourth-order valence-electron chi connectivity index (χ4n) is 0.962. The van der Waals surface area contributed by atoms with Crippen LogP contribution in [0.1, 0.15) is 26.7 Å².